The monoisotopic (exact) mass is 370 g/mol. The molecule has 0 spiro atoms. The molecule has 4 rings (SSSR count). The first kappa shape index (κ1) is 15.8. The third-order valence-corrected chi connectivity index (χ3v) is 4.98. The molecular formula is C18H11ClN2O3S. The third-order valence-electron chi connectivity index (χ3n) is 3.78. The van der Waals surface area contributed by atoms with Gasteiger partial charge in [0.25, 0.3) is 5.56 Å². The third kappa shape index (κ3) is 2.90. The van der Waals surface area contributed by atoms with Gasteiger partial charge in [0.1, 0.15) is 10.7 Å². The van der Waals surface area contributed by atoms with Gasteiger partial charge in [0.2, 0.25) is 5.78 Å². The standard InChI is InChI=1S/C18H11ClN2O3S/c19-12-5-2-1-4-10(12)11-9-25-18-16(11)17(23)20-15(21-18)8-13(22)14-6-3-7-24-14/h1-7,9H,8H2,(H,20,21,23). The first-order valence-electron chi connectivity index (χ1n) is 7.45. The fourth-order valence-corrected chi connectivity index (χ4v) is 3.83. The molecule has 124 valence electrons. The molecule has 1 N–H and O–H groups in total. The Morgan fingerprint density at radius 2 is 2.04 bits per heavy atom. The number of benzene rings is 1. The number of ketones is 1. The van der Waals surface area contributed by atoms with Crippen molar-refractivity contribution in [1.82, 2.24) is 9.97 Å². The van der Waals surface area contributed by atoms with Crippen molar-refractivity contribution in [2.24, 2.45) is 0 Å². The number of fused-ring (bicyclic) bond motifs is 1. The van der Waals surface area contributed by atoms with Crippen LogP contribution in [-0.4, -0.2) is 15.8 Å². The summed E-state index contributed by atoms with van der Waals surface area (Å²) in [5, 5.41) is 2.90. The van der Waals surface area contributed by atoms with E-state index in [0.717, 1.165) is 11.1 Å². The van der Waals surface area contributed by atoms with Gasteiger partial charge in [-0.05, 0) is 18.2 Å². The van der Waals surface area contributed by atoms with Crippen molar-refractivity contribution >= 4 is 38.9 Å². The Balaban J connectivity index is 1.76. The Hall–Kier alpha value is -2.70. The maximum Gasteiger partial charge on any atom is 0.260 e. The molecule has 0 aliphatic heterocycles. The van der Waals surface area contributed by atoms with Gasteiger partial charge >= 0.3 is 0 Å². The summed E-state index contributed by atoms with van der Waals surface area (Å²) < 4.78 is 5.08. The van der Waals surface area contributed by atoms with E-state index in [0.29, 0.717) is 21.1 Å². The SMILES string of the molecule is O=C(Cc1nc2scc(-c3ccccc3Cl)c2c(=O)[nH]1)c1ccco1. The Labute approximate surface area is 150 Å². The predicted octanol–water partition coefficient (Wildman–Crippen LogP) is 4.32. The number of H-pyrrole nitrogens is 1. The number of halogens is 1. The van der Waals surface area contributed by atoms with Crippen LogP contribution in [0.25, 0.3) is 21.3 Å². The van der Waals surface area contributed by atoms with Gasteiger partial charge in [0.05, 0.1) is 18.1 Å². The molecule has 5 nitrogen and oxygen atoms in total. The number of aromatic amines is 1. The van der Waals surface area contributed by atoms with Crippen LogP contribution in [0.1, 0.15) is 16.4 Å². The van der Waals surface area contributed by atoms with Crippen molar-refractivity contribution in [3.05, 3.63) is 75.0 Å². The van der Waals surface area contributed by atoms with Gasteiger partial charge in [-0.1, -0.05) is 29.8 Å². The highest BCUT2D eigenvalue weighted by atomic mass is 35.5. The molecule has 1 aromatic carbocycles. The van der Waals surface area contributed by atoms with Gasteiger partial charge in [0.15, 0.2) is 5.76 Å². The molecule has 0 saturated carbocycles. The molecule has 0 unspecified atom stereocenters. The quantitative estimate of drug-likeness (QED) is 0.543. The van der Waals surface area contributed by atoms with Crippen LogP contribution in [0.2, 0.25) is 5.02 Å². The molecule has 3 heterocycles. The molecule has 0 radical (unpaired) electrons. The minimum Gasteiger partial charge on any atom is -0.461 e. The van der Waals surface area contributed by atoms with E-state index in [2.05, 4.69) is 9.97 Å². The Kier molecular flexibility index (Phi) is 3.99. The number of hydrogen-bond acceptors (Lipinski definition) is 5. The van der Waals surface area contributed by atoms with Gasteiger partial charge in [-0.2, -0.15) is 0 Å². The molecule has 3 aromatic heterocycles. The lowest BCUT2D eigenvalue weighted by molar-refractivity contribution is 0.0964. The van der Waals surface area contributed by atoms with Crippen LogP contribution in [-0.2, 0) is 6.42 Å². The van der Waals surface area contributed by atoms with E-state index in [1.54, 1.807) is 18.2 Å². The zero-order chi connectivity index (χ0) is 17.4. The summed E-state index contributed by atoms with van der Waals surface area (Å²) in [6.07, 6.45) is 1.40. The summed E-state index contributed by atoms with van der Waals surface area (Å²) >= 11 is 7.59. The molecule has 0 aliphatic carbocycles. The number of aromatic nitrogens is 2. The number of carbonyl (C=O) groups excluding carboxylic acids is 1. The molecule has 0 amide bonds. The van der Waals surface area contributed by atoms with E-state index in [-0.39, 0.29) is 23.5 Å². The van der Waals surface area contributed by atoms with Gasteiger partial charge in [-0.3, -0.25) is 9.59 Å². The van der Waals surface area contributed by atoms with E-state index in [1.807, 2.05) is 23.6 Å². The Morgan fingerprint density at radius 1 is 1.20 bits per heavy atom. The number of carbonyl (C=O) groups is 1. The van der Waals surface area contributed by atoms with E-state index in [9.17, 15) is 9.59 Å². The lowest BCUT2D eigenvalue weighted by Gasteiger charge is -2.03. The molecule has 0 aliphatic rings. The number of Topliss-reactive ketones (excluding diaryl/α,β-unsaturated/α-hetero) is 1. The molecule has 7 heteroatoms. The first-order valence-corrected chi connectivity index (χ1v) is 8.71. The van der Waals surface area contributed by atoms with Crippen molar-refractivity contribution in [3.63, 3.8) is 0 Å². The second kappa shape index (κ2) is 6.31. The zero-order valence-corrected chi connectivity index (χ0v) is 14.4. The fraction of sp³-hybridized carbons (Fsp3) is 0.0556. The minimum atomic E-state index is -0.289. The maximum absolute atomic E-state index is 12.6. The summed E-state index contributed by atoms with van der Waals surface area (Å²) in [7, 11) is 0. The first-order chi connectivity index (χ1) is 12.1. The highest BCUT2D eigenvalue weighted by Gasteiger charge is 2.17. The smallest absolute Gasteiger partial charge is 0.260 e. The van der Waals surface area contributed by atoms with Crippen molar-refractivity contribution < 1.29 is 9.21 Å². The lowest BCUT2D eigenvalue weighted by Crippen LogP contribution is -2.14. The number of nitrogens with zero attached hydrogens (tertiary/aromatic N) is 1. The highest BCUT2D eigenvalue weighted by molar-refractivity contribution is 7.17. The van der Waals surface area contributed by atoms with E-state index >= 15 is 0 Å². The number of nitrogens with one attached hydrogen (secondary N) is 1. The van der Waals surface area contributed by atoms with E-state index < -0.39 is 0 Å². The predicted molar refractivity (Wildman–Crippen MR) is 97.4 cm³/mol. The average molecular weight is 371 g/mol. The molecule has 0 saturated heterocycles. The normalized spacial score (nSPS) is 11.1. The van der Waals surface area contributed by atoms with Crippen molar-refractivity contribution in [1.29, 1.82) is 0 Å². The largest absolute Gasteiger partial charge is 0.461 e. The van der Waals surface area contributed by atoms with Gasteiger partial charge in [-0.25, -0.2) is 4.98 Å². The summed E-state index contributed by atoms with van der Waals surface area (Å²) in [4.78, 5) is 32.4. The second-order valence-electron chi connectivity index (χ2n) is 5.40. The number of furan rings is 1. The number of hydrogen-bond donors (Lipinski definition) is 1. The van der Waals surface area contributed by atoms with Crippen molar-refractivity contribution in [2.45, 2.75) is 6.42 Å². The molecule has 0 bridgehead atoms. The minimum absolute atomic E-state index is 0.0297. The molecular weight excluding hydrogens is 360 g/mol. The van der Waals surface area contributed by atoms with Gasteiger partial charge in [-0.15, -0.1) is 11.3 Å². The second-order valence-corrected chi connectivity index (χ2v) is 6.66. The Bertz CT molecular complexity index is 1130. The molecule has 0 atom stereocenters. The van der Waals surface area contributed by atoms with Crippen LogP contribution in [0, 0.1) is 0 Å². The van der Waals surface area contributed by atoms with Crippen molar-refractivity contribution in [2.75, 3.05) is 0 Å². The number of rotatable bonds is 4. The Morgan fingerprint density at radius 3 is 2.80 bits per heavy atom. The van der Waals surface area contributed by atoms with Gasteiger partial charge in [0, 0.05) is 21.5 Å². The lowest BCUT2D eigenvalue weighted by atomic mass is 10.1. The van der Waals surface area contributed by atoms with Crippen LogP contribution in [0.15, 0.2) is 57.3 Å². The van der Waals surface area contributed by atoms with Crippen molar-refractivity contribution in [3.8, 4) is 11.1 Å². The van der Waals surface area contributed by atoms with E-state index in [4.69, 9.17) is 16.0 Å². The average Bonchev–Trinajstić information content (AvgIpc) is 3.25. The van der Waals surface area contributed by atoms with Crippen LogP contribution in [0.3, 0.4) is 0 Å². The maximum atomic E-state index is 12.6. The molecule has 0 fully saturated rings. The fourth-order valence-electron chi connectivity index (χ4n) is 2.63. The summed E-state index contributed by atoms with van der Waals surface area (Å²) in [6.45, 7) is 0. The van der Waals surface area contributed by atoms with Crippen LogP contribution < -0.4 is 5.56 Å². The zero-order valence-electron chi connectivity index (χ0n) is 12.8. The van der Waals surface area contributed by atoms with Crippen LogP contribution in [0.5, 0.6) is 0 Å². The molecule has 4 aromatic rings. The number of thiophene rings is 1. The van der Waals surface area contributed by atoms with Crippen LogP contribution >= 0.6 is 22.9 Å². The molecule has 25 heavy (non-hydrogen) atoms. The summed E-state index contributed by atoms with van der Waals surface area (Å²) in [6, 6.07) is 10.6. The topological polar surface area (TPSA) is 76.0 Å². The van der Waals surface area contributed by atoms with Crippen LogP contribution in [0.4, 0.5) is 0 Å². The highest BCUT2D eigenvalue weighted by Crippen LogP contribution is 2.34. The summed E-state index contributed by atoms with van der Waals surface area (Å²) in [5.41, 5.74) is 1.23. The summed E-state index contributed by atoms with van der Waals surface area (Å²) in [5.74, 6) is 0.313. The van der Waals surface area contributed by atoms with E-state index in [1.165, 1.54) is 17.6 Å². The van der Waals surface area contributed by atoms with Gasteiger partial charge < -0.3 is 9.40 Å².